The number of fused-ring (bicyclic) bond motifs is 1. The predicted octanol–water partition coefficient (Wildman–Crippen LogP) is 5.07. The van der Waals surface area contributed by atoms with Crippen LogP contribution in [0.1, 0.15) is 44.5 Å². The Morgan fingerprint density at radius 3 is 2.70 bits per heavy atom. The normalized spacial score (nSPS) is 13.3. The Bertz CT molecular complexity index is 1290. The van der Waals surface area contributed by atoms with E-state index in [0.717, 1.165) is 10.9 Å². The molecule has 3 aromatic rings. The number of aliphatic carboxylic acids is 1. The van der Waals surface area contributed by atoms with Gasteiger partial charge in [-0.2, -0.15) is 9.78 Å². The third kappa shape index (κ3) is 5.36. The molecule has 1 N–H and O–H groups in total. The van der Waals surface area contributed by atoms with Gasteiger partial charge >= 0.3 is 5.97 Å². The molecule has 3 rings (SSSR count). The molecule has 33 heavy (non-hydrogen) atoms. The topological polar surface area (TPSA) is 103 Å². The van der Waals surface area contributed by atoms with Gasteiger partial charge in [0.2, 0.25) is 0 Å². The van der Waals surface area contributed by atoms with E-state index in [-0.39, 0.29) is 28.0 Å². The summed E-state index contributed by atoms with van der Waals surface area (Å²) in [6, 6.07) is 8.50. The van der Waals surface area contributed by atoms with Gasteiger partial charge in [-0.25, -0.2) is 9.78 Å². The number of rotatable bonds is 8. The lowest BCUT2D eigenvalue weighted by molar-refractivity contribution is -0.144. The zero-order valence-corrected chi connectivity index (χ0v) is 20.8. The molecule has 1 heterocycles. The van der Waals surface area contributed by atoms with Crippen LogP contribution in [0.15, 0.2) is 44.7 Å². The van der Waals surface area contributed by atoms with Crippen LogP contribution in [-0.2, 0) is 4.79 Å². The SMILES string of the molecule is CC[C@@H](C)c1nc2ccc(Br)cc2c(=O)n1N=Cc1cc(Cl)c(O[C@@H](C)C(=O)O)c(OC)c1. The highest BCUT2D eigenvalue weighted by Crippen LogP contribution is 2.36. The minimum atomic E-state index is -1.13. The van der Waals surface area contributed by atoms with Crippen molar-refractivity contribution in [3.8, 4) is 11.5 Å². The summed E-state index contributed by atoms with van der Waals surface area (Å²) in [6.45, 7) is 5.38. The molecule has 2 aromatic carbocycles. The first-order valence-electron chi connectivity index (χ1n) is 10.2. The first-order chi connectivity index (χ1) is 15.7. The largest absolute Gasteiger partial charge is 0.493 e. The van der Waals surface area contributed by atoms with Crippen LogP contribution < -0.4 is 15.0 Å². The van der Waals surface area contributed by atoms with Gasteiger partial charge in [-0.3, -0.25) is 4.79 Å². The second kappa shape index (κ2) is 10.4. The Morgan fingerprint density at radius 1 is 1.33 bits per heavy atom. The number of nitrogens with zero attached hydrogens (tertiary/aromatic N) is 3. The lowest BCUT2D eigenvalue weighted by atomic mass is 10.1. The average molecular weight is 537 g/mol. The van der Waals surface area contributed by atoms with Crippen LogP contribution in [0.2, 0.25) is 5.02 Å². The van der Waals surface area contributed by atoms with E-state index in [2.05, 4.69) is 26.0 Å². The monoisotopic (exact) mass is 535 g/mol. The van der Waals surface area contributed by atoms with E-state index in [9.17, 15) is 9.59 Å². The Balaban J connectivity index is 2.10. The lowest BCUT2D eigenvalue weighted by Gasteiger charge is -2.16. The molecule has 174 valence electrons. The summed E-state index contributed by atoms with van der Waals surface area (Å²) in [5.74, 6) is -0.240. The van der Waals surface area contributed by atoms with E-state index in [1.807, 2.05) is 19.9 Å². The first kappa shape index (κ1) is 24.7. The van der Waals surface area contributed by atoms with E-state index in [4.69, 9.17) is 26.2 Å². The lowest BCUT2D eigenvalue weighted by Crippen LogP contribution is -2.24. The number of benzene rings is 2. The summed E-state index contributed by atoms with van der Waals surface area (Å²) in [5, 5.41) is 14.1. The molecule has 8 nitrogen and oxygen atoms in total. The molecule has 0 radical (unpaired) electrons. The number of carboxylic acid groups (broad SMARTS) is 1. The molecule has 0 aliphatic rings. The van der Waals surface area contributed by atoms with Crippen LogP contribution in [0.3, 0.4) is 0 Å². The van der Waals surface area contributed by atoms with Crippen molar-refractivity contribution < 1.29 is 19.4 Å². The van der Waals surface area contributed by atoms with Gasteiger partial charge < -0.3 is 14.6 Å². The van der Waals surface area contributed by atoms with Crippen molar-refractivity contribution in [2.75, 3.05) is 7.11 Å². The molecule has 10 heteroatoms. The molecule has 0 aliphatic heterocycles. The fourth-order valence-electron chi connectivity index (χ4n) is 3.06. The van der Waals surface area contributed by atoms with Gasteiger partial charge in [-0.15, -0.1) is 0 Å². The van der Waals surface area contributed by atoms with Crippen molar-refractivity contribution in [1.82, 2.24) is 9.66 Å². The molecule has 0 spiro atoms. The maximum atomic E-state index is 13.2. The van der Waals surface area contributed by atoms with Gasteiger partial charge in [0.15, 0.2) is 17.6 Å². The van der Waals surface area contributed by atoms with Crippen LogP contribution in [0.25, 0.3) is 10.9 Å². The maximum Gasteiger partial charge on any atom is 0.344 e. The zero-order valence-electron chi connectivity index (χ0n) is 18.5. The molecular formula is C23H23BrClN3O5. The van der Waals surface area contributed by atoms with E-state index in [1.54, 1.807) is 24.3 Å². The van der Waals surface area contributed by atoms with Crippen molar-refractivity contribution in [2.45, 2.75) is 39.2 Å². The van der Waals surface area contributed by atoms with Crippen molar-refractivity contribution in [1.29, 1.82) is 0 Å². The number of hydrogen-bond donors (Lipinski definition) is 1. The Hall–Kier alpha value is -2.91. The zero-order chi connectivity index (χ0) is 24.3. The van der Waals surface area contributed by atoms with Crippen molar-refractivity contribution in [3.05, 3.63) is 61.6 Å². The molecule has 1 aromatic heterocycles. The van der Waals surface area contributed by atoms with E-state index in [1.165, 1.54) is 24.9 Å². The van der Waals surface area contributed by atoms with Gasteiger partial charge in [-0.1, -0.05) is 41.4 Å². The molecule has 0 fully saturated rings. The third-order valence-corrected chi connectivity index (χ3v) is 5.88. The Kier molecular flexibility index (Phi) is 7.76. The molecule has 0 amide bonds. The van der Waals surface area contributed by atoms with Gasteiger partial charge in [0.1, 0.15) is 5.82 Å². The number of carbonyl (C=O) groups is 1. The second-order valence-corrected chi connectivity index (χ2v) is 8.76. The number of hydrogen-bond acceptors (Lipinski definition) is 6. The maximum absolute atomic E-state index is 13.2. The summed E-state index contributed by atoms with van der Waals surface area (Å²) in [7, 11) is 1.42. The Labute approximate surface area is 203 Å². The molecule has 0 unspecified atom stereocenters. The Morgan fingerprint density at radius 2 is 2.06 bits per heavy atom. The van der Waals surface area contributed by atoms with Crippen molar-refractivity contribution in [3.63, 3.8) is 0 Å². The predicted molar refractivity (Wildman–Crippen MR) is 131 cm³/mol. The van der Waals surface area contributed by atoms with E-state index >= 15 is 0 Å². The standard InChI is InChI=1S/C23H23BrClN3O5/c1-5-12(2)21-27-18-7-6-15(24)10-16(18)22(29)28(21)26-11-14-8-17(25)20(19(9-14)32-4)33-13(3)23(30)31/h6-13H,5H2,1-4H3,(H,30,31)/t12-,13+/m1/s1. The summed E-state index contributed by atoms with van der Waals surface area (Å²) >= 11 is 9.72. The number of aromatic nitrogens is 2. The van der Waals surface area contributed by atoms with Crippen molar-refractivity contribution >= 4 is 50.6 Å². The molecule has 0 bridgehead atoms. The summed E-state index contributed by atoms with van der Waals surface area (Å²) < 4.78 is 12.8. The van der Waals surface area contributed by atoms with Gasteiger partial charge in [0.25, 0.3) is 5.56 Å². The molecular weight excluding hydrogens is 514 g/mol. The summed E-state index contributed by atoms with van der Waals surface area (Å²) in [5.41, 5.74) is 0.841. The summed E-state index contributed by atoms with van der Waals surface area (Å²) in [6.07, 6.45) is 1.13. The highest BCUT2D eigenvalue weighted by atomic mass is 79.9. The average Bonchev–Trinajstić information content (AvgIpc) is 2.79. The van der Waals surface area contributed by atoms with Crippen LogP contribution in [0.5, 0.6) is 11.5 Å². The number of halogens is 2. The van der Waals surface area contributed by atoms with Crippen LogP contribution in [0, 0.1) is 0 Å². The van der Waals surface area contributed by atoms with E-state index in [0.29, 0.717) is 22.3 Å². The van der Waals surface area contributed by atoms with Gasteiger partial charge in [0.05, 0.1) is 29.2 Å². The minimum absolute atomic E-state index is 0.00527. The molecule has 2 atom stereocenters. The molecule has 0 saturated heterocycles. The highest BCUT2D eigenvalue weighted by Gasteiger charge is 2.19. The van der Waals surface area contributed by atoms with Gasteiger partial charge in [-0.05, 0) is 49.2 Å². The van der Waals surface area contributed by atoms with E-state index < -0.39 is 12.1 Å². The number of methoxy groups -OCH3 is 1. The first-order valence-corrected chi connectivity index (χ1v) is 11.4. The van der Waals surface area contributed by atoms with Crippen LogP contribution in [0.4, 0.5) is 0 Å². The molecule has 0 saturated carbocycles. The third-order valence-electron chi connectivity index (χ3n) is 5.10. The number of ether oxygens (including phenoxy) is 2. The van der Waals surface area contributed by atoms with Crippen LogP contribution in [-0.4, -0.2) is 40.2 Å². The van der Waals surface area contributed by atoms with Crippen LogP contribution >= 0.6 is 27.5 Å². The highest BCUT2D eigenvalue weighted by molar-refractivity contribution is 9.10. The fourth-order valence-corrected chi connectivity index (χ4v) is 3.68. The second-order valence-electron chi connectivity index (χ2n) is 7.43. The smallest absolute Gasteiger partial charge is 0.344 e. The fraction of sp³-hybridized carbons (Fsp3) is 0.304. The summed E-state index contributed by atoms with van der Waals surface area (Å²) in [4.78, 5) is 29.0. The minimum Gasteiger partial charge on any atom is -0.493 e. The van der Waals surface area contributed by atoms with Crippen molar-refractivity contribution in [2.24, 2.45) is 5.10 Å². The quantitative estimate of drug-likeness (QED) is 0.403. The number of carboxylic acids is 1. The van der Waals surface area contributed by atoms with Gasteiger partial charge in [0, 0.05) is 10.4 Å². The molecule has 0 aliphatic carbocycles.